The maximum atomic E-state index is 9.00. The molecule has 0 bridgehead atoms. The van der Waals surface area contributed by atoms with Crippen molar-refractivity contribution in [1.82, 2.24) is 0 Å². The predicted octanol–water partition coefficient (Wildman–Crippen LogP) is -2.28. The fourth-order valence-corrected chi connectivity index (χ4v) is 0. The van der Waals surface area contributed by atoms with E-state index >= 15 is 0 Å². The summed E-state index contributed by atoms with van der Waals surface area (Å²) in [7, 11) is 0. The van der Waals surface area contributed by atoms with Crippen molar-refractivity contribution < 1.29 is 9.90 Å². The van der Waals surface area contributed by atoms with Crippen molar-refractivity contribution in [3.8, 4) is 0 Å². The Morgan fingerprint density at radius 1 is 1.67 bits per heavy atom. The normalized spacial score (nSPS) is 4.17. The molecule has 0 radical (unpaired) electrons. The zero-order chi connectivity index (χ0) is 3.58. The van der Waals surface area contributed by atoms with Crippen LogP contribution in [0.4, 0.5) is 0 Å². The first-order chi connectivity index (χ1) is 1.73. The van der Waals surface area contributed by atoms with Crippen LogP contribution in [0.3, 0.4) is 0 Å². The van der Waals surface area contributed by atoms with E-state index in [0.717, 1.165) is 6.92 Å². The minimum atomic E-state index is -0.833. The Kier molecular flexibility index (Phi) is 24.8. The monoisotopic (exact) mass is 302 g/mol. The molecule has 6 heavy (non-hydrogen) atoms. The molecule has 0 aromatic rings. The quantitative estimate of drug-likeness (QED) is 0.512. The Morgan fingerprint density at radius 3 is 1.67 bits per heavy atom. The van der Waals surface area contributed by atoms with Gasteiger partial charge < -0.3 is 5.11 Å². The molecular formula is C2H10InO2Sb. The van der Waals surface area contributed by atoms with Crippen LogP contribution in [0.1, 0.15) is 6.92 Å². The van der Waals surface area contributed by atoms with Gasteiger partial charge in [-0.25, -0.2) is 0 Å². The molecule has 0 aromatic carbocycles. The van der Waals surface area contributed by atoms with Crippen molar-refractivity contribution in [3.05, 3.63) is 0 Å². The molecule has 0 unspecified atom stereocenters. The van der Waals surface area contributed by atoms with Crippen LogP contribution in [-0.4, -0.2) is 61.3 Å². The van der Waals surface area contributed by atoms with Crippen molar-refractivity contribution in [3.63, 3.8) is 0 Å². The Balaban J connectivity index is -0.0000000450. The van der Waals surface area contributed by atoms with Gasteiger partial charge in [-0.2, -0.15) is 0 Å². The van der Waals surface area contributed by atoms with Gasteiger partial charge in [-0.1, -0.05) is 0 Å². The number of aliphatic carboxylic acids is 1. The molecule has 38 valence electrons. The number of hydrogen-bond donors (Lipinski definition) is 1. The van der Waals surface area contributed by atoms with E-state index < -0.39 is 5.97 Å². The molecule has 0 aliphatic rings. The van der Waals surface area contributed by atoms with Gasteiger partial charge >= 0.3 is 50.3 Å². The van der Waals surface area contributed by atoms with Gasteiger partial charge in [0.25, 0.3) is 5.97 Å². The van der Waals surface area contributed by atoms with Crippen molar-refractivity contribution in [2.24, 2.45) is 0 Å². The number of carbonyl (C=O) groups is 1. The number of carboxylic acids is 1. The maximum absolute atomic E-state index is 9.00. The molecule has 0 aliphatic heterocycles. The average molecular weight is 303 g/mol. The summed E-state index contributed by atoms with van der Waals surface area (Å²) in [5, 5.41) is 7.42. The van der Waals surface area contributed by atoms with Gasteiger partial charge in [0.1, 0.15) is 0 Å². The first-order valence-corrected chi connectivity index (χ1v) is 0.928. The van der Waals surface area contributed by atoms with Gasteiger partial charge in [0.15, 0.2) is 0 Å². The summed E-state index contributed by atoms with van der Waals surface area (Å²) in [5.74, 6) is -0.833. The van der Waals surface area contributed by atoms with Gasteiger partial charge in [0.2, 0.25) is 0 Å². The molecule has 0 fully saturated rings. The summed E-state index contributed by atoms with van der Waals surface area (Å²) in [6, 6.07) is 0. The molecule has 0 aliphatic carbocycles. The summed E-state index contributed by atoms with van der Waals surface area (Å²) >= 11 is 0. The van der Waals surface area contributed by atoms with Crippen LogP contribution >= 0.6 is 0 Å². The second-order valence-electron chi connectivity index (χ2n) is 0.519. The van der Waals surface area contributed by atoms with E-state index in [1.54, 1.807) is 0 Å². The molecule has 4 heteroatoms. The molecule has 2 nitrogen and oxygen atoms in total. The molecule has 0 amide bonds. The standard InChI is InChI=1S/C2H4O2.In.Sb.6H/c1-2(3)4;;;;;;;;/h1H3,(H,3,4);;;;;;;;. The van der Waals surface area contributed by atoms with Gasteiger partial charge in [0, 0.05) is 6.92 Å². The summed E-state index contributed by atoms with van der Waals surface area (Å²) in [6.45, 7) is 1.08. The molecule has 0 spiro atoms. The zero-order valence-corrected chi connectivity index (χ0v) is 7.10. The average Bonchev–Trinajstić information content (AvgIpc) is 0.811. The third-order valence-electron chi connectivity index (χ3n) is 0. The Labute approximate surface area is 72.5 Å². The fraction of sp³-hybridized carbons (Fsp3) is 0.500. The topological polar surface area (TPSA) is 37.3 Å². The molecular weight excluding hydrogens is 293 g/mol. The van der Waals surface area contributed by atoms with Gasteiger partial charge in [-0.3, -0.25) is 4.79 Å². The van der Waals surface area contributed by atoms with Crippen LogP contribution < -0.4 is 0 Å². The van der Waals surface area contributed by atoms with E-state index in [4.69, 9.17) is 9.90 Å². The first-order valence-electron chi connectivity index (χ1n) is 0.928. The third-order valence-corrected chi connectivity index (χ3v) is 0. The van der Waals surface area contributed by atoms with Crippen molar-refractivity contribution in [2.45, 2.75) is 6.92 Å². The van der Waals surface area contributed by atoms with Crippen molar-refractivity contribution in [2.75, 3.05) is 0 Å². The van der Waals surface area contributed by atoms with Crippen molar-refractivity contribution >= 4 is 56.2 Å². The molecule has 1 N–H and O–H groups in total. The predicted molar refractivity (Wildman–Crippen MR) is 33.2 cm³/mol. The minimum absolute atomic E-state index is 0. The molecule has 0 heterocycles. The second-order valence-corrected chi connectivity index (χ2v) is 0.519. The molecule has 0 saturated carbocycles. The Hall–Kier alpha value is 1.16. The summed E-state index contributed by atoms with van der Waals surface area (Å²) in [5.41, 5.74) is 0. The molecule has 0 aromatic heterocycles. The van der Waals surface area contributed by atoms with Gasteiger partial charge in [-0.05, 0) is 0 Å². The number of rotatable bonds is 0. The third kappa shape index (κ3) is 66.5. The van der Waals surface area contributed by atoms with Crippen LogP contribution in [-0.2, 0) is 4.79 Å². The van der Waals surface area contributed by atoms with Crippen LogP contribution in [0.2, 0.25) is 0 Å². The van der Waals surface area contributed by atoms with E-state index in [0.29, 0.717) is 0 Å². The van der Waals surface area contributed by atoms with Crippen LogP contribution in [0, 0.1) is 0 Å². The Bertz CT molecular complexity index is 34.5. The molecule has 0 saturated heterocycles. The van der Waals surface area contributed by atoms with E-state index in [-0.39, 0.29) is 50.3 Å². The molecule has 0 atom stereocenters. The Morgan fingerprint density at radius 2 is 1.67 bits per heavy atom. The summed E-state index contributed by atoms with van der Waals surface area (Å²) < 4.78 is 0. The van der Waals surface area contributed by atoms with E-state index in [9.17, 15) is 0 Å². The van der Waals surface area contributed by atoms with E-state index in [1.807, 2.05) is 0 Å². The molecule has 0 rings (SSSR count). The van der Waals surface area contributed by atoms with Crippen LogP contribution in [0.5, 0.6) is 0 Å². The summed E-state index contributed by atoms with van der Waals surface area (Å²) in [6.07, 6.45) is 0. The number of carboxylic acid groups (broad SMARTS) is 1. The zero-order valence-electron chi connectivity index (χ0n) is 3.06. The fourth-order valence-electron chi connectivity index (χ4n) is 0. The second kappa shape index (κ2) is 9.48. The number of hydrogen-bond acceptors (Lipinski definition) is 1. The van der Waals surface area contributed by atoms with Crippen LogP contribution in [0.25, 0.3) is 0 Å². The summed E-state index contributed by atoms with van der Waals surface area (Å²) in [4.78, 5) is 9.00. The van der Waals surface area contributed by atoms with Gasteiger partial charge in [-0.15, -0.1) is 0 Å². The van der Waals surface area contributed by atoms with Gasteiger partial charge in [0.05, 0.1) is 0 Å². The van der Waals surface area contributed by atoms with Crippen LogP contribution in [0.15, 0.2) is 0 Å². The van der Waals surface area contributed by atoms with Crippen molar-refractivity contribution in [1.29, 1.82) is 0 Å². The van der Waals surface area contributed by atoms with E-state index in [1.165, 1.54) is 0 Å². The SMILES string of the molecule is CC(=O)O.[InH3].[SbH3]. The van der Waals surface area contributed by atoms with E-state index in [2.05, 4.69) is 0 Å². The first kappa shape index (κ1) is 15.7.